The maximum Gasteiger partial charge on any atom is 0.240 e. The lowest BCUT2D eigenvalue weighted by Gasteiger charge is -2.21. The van der Waals surface area contributed by atoms with Crippen molar-refractivity contribution >= 4 is 15.7 Å². The molecule has 5 nitrogen and oxygen atoms in total. The first-order valence-electron chi connectivity index (χ1n) is 7.01. The number of sulfonamides is 1. The van der Waals surface area contributed by atoms with Crippen LogP contribution in [-0.2, 0) is 10.0 Å². The molecule has 0 bridgehead atoms. The molecule has 112 valence electrons. The highest BCUT2D eigenvalue weighted by Gasteiger charge is 2.27. The summed E-state index contributed by atoms with van der Waals surface area (Å²) in [5.74, 6) is 0.356. The van der Waals surface area contributed by atoms with Crippen LogP contribution in [-0.4, -0.2) is 27.0 Å². The maximum atomic E-state index is 12.0. The Hall–Kier alpha value is -1.11. The van der Waals surface area contributed by atoms with Crippen molar-refractivity contribution in [3.63, 3.8) is 0 Å². The molecule has 2 rings (SSSR count). The van der Waals surface area contributed by atoms with Gasteiger partial charge >= 0.3 is 0 Å². The van der Waals surface area contributed by atoms with E-state index in [0.29, 0.717) is 17.4 Å². The first-order valence-corrected chi connectivity index (χ1v) is 8.49. The Labute approximate surface area is 121 Å². The van der Waals surface area contributed by atoms with Crippen molar-refractivity contribution in [1.29, 1.82) is 0 Å². The topological polar surface area (TPSA) is 84.2 Å². The van der Waals surface area contributed by atoms with Crippen LogP contribution in [0.2, 0.25) is 0 Å². The number of hydrogen-bond acceptors (Lipinski definition) is 4. The zero-order valence-electron chi connectivity index (χ0n) is 12.0. The van der Waals surface area contributed by atoms with Crippen LogP contribution in [0.1, 0.15) is 26.7 Å². The Kier molecular flexibility index (Phi) is 4.67. The molecule has 1 fully saturated rings. The van der Waals surface area contributed by atoms with Crippen molar-refractivity contribution in [2.24, 2.45) is 11.7 Å². The average Bonchev–Trinajstić information content (AvgIpc) is 3.21. The smallest absolute Gasteiger partial charge is 0.240 e. The summed E-state index contributed by atoms with van der Waals surface area (Å²) in [6.45, 7) is 4.76. The molecule has 0 aliphatic heterocycles. The largest absolute Gasteiger partial charge is 0.382 e. The van der Waals surface area contributed by atoms with Gasteiger partial charge in [-0.15, -0.1) is 0 Å². The Bertz CT molecular complexity index is 538. The van der Waals surface area contributed by atoms with Gasteiger partial charge in [-0.25, -0.2) is 13.1 Å². The Morgan fingerprint density at radius 3 is 2.35 bits per heavy atom. The number of nitrogens with one attached hydrogen (secondary N) is 2. The Morgan fingerprint density at radius 2 is 1.85 bits per heavy atom. The number of benzene rings is 1. The minimum atomic E-state index is -3.36. The monoisotopic (exact) mass is 297 g/mol. The van der Waals surface area contributed by atoms with Gasteiger partial charge < -0.3 is 11.1 Å². The van der Waals surface area contributed by atoms with Gasteiger partial charge in [-0.2, -0.15) is 0 Å². The van der Waals surface area contributed by atoms with Crippen molar-refractivity contribution in [1.82, 2.24) is 4.72 Å². The van der Waals surface area contributed by atoms with Crippen LogP contribution < -0.4 is 15.8 Å². The minimum absolute atomic E-state index is 0.128. The SMILES string of the molecule is CC(CN)C(C)Nc1ccc(S(=O)(=O)NC2CC2)cc1. The van der Waals surface area contributed by atoms with Crippen molar-refractivity contribution in [2.45, 2.75) is 43.7 Å². The third kappa shape index (κ3) is 3.94. The summed E-state index contributed by atoms with van der Waals surface area (Å²) in [5, 5.41) is 3.33. The maximum absolute atomic E-state index is 12.0. The van der Waals surface area contributed by atoms with Crippen LogP contribution in [0.15, 0.2) is 29.2 Å². The van der Waals surface area contributed by atoms with E-state index >= 15 is 0 Å². The summed E-state index contributed by atoms with van der Waals surface area (Å²) in [5.41, 5.74) is 6.54. The lowest BCUT2D eigenvalue weighted by Crippen LogP contribution is -2.29. The standard InChI is InChI=1S/C14H23N3O2S/c1-10(9-15)11(2)16-12-5-7-14(8-6-12)20(18,19)17-13-3-4-13/h5-8,10-11,13,16-17H,3-4,9,15H2,1-2H3. The molecule has 1 aromatic rings. The van der Waals surface area contributed by atoms with Gasteiger partial charge in [0.1, 0.15) is 0 Å². The first-order chi connectivity index (χ1) is 9.42. The van der Waals surface area contributed by atoms with Gasteiger partial charge in [0.15, 0.2) is 0 Å². The molecule has 2 atom stereocenters. The lowest BCUT2D eigenvalue weighted by atomic mass is 10.0. The van der Waals surface area contributed by atoms with Crippen molar-refractivity contribution in [3.05, 3.63) is 24.3 Å². The van der Waals surface area contributed by atoms with Crippen LogP contribution in [0.5, 0.6) is 0 Å². The second-order valence-corrected chi connectivity index (χ2v) is 7.28. The highest BCUT2D eigenvalue weighted by atomic mass is 32.2. The van der Waals surface area contributed by atoms with E-state index in [2.05, 4.69) is 23.9 Å². The quantitative estimate of drug-likeness (QED) is 0.712. The van der Waals surface area contributed by atoms with Gasteiger partial charge in [0, 0.05) is 17.8 Å². The normalized spacial score (nSPS) is 18.6. The van der Waals surface area contributed by atoms with E-state index in [9.17, 15) is 8.42 Å². The second-order valence-electron chi connectivity index (χ2n) is 5.57. The van der Waals surface area contributed by atoms with Crippen LogP contribution in [0, 0.1) is 5.92 Å². The van der Waals surface area contributed by atoms with Crippen molar-refractivity contribution in [3.8, 4) is 0 Å². The Morgan fingerprint density at radius 1 is 1.25 bits per heavy atom. The van der Waals surface area contributed by atoms with Crippen LogP contribution >= 0.6 is 0 Å². The van der Waals surface area contributed by atoms with Gasteiger partial charge in [0.05, 0.1) is 4.90 Å². The summed E-state index contributed by atoms with van der Waals surface area (Å²) >= 11 is 0. The molecule has 1 saturated carbocycles. The summed E-state index contributed by atoms with van der Waals surface area (Å²) in [4.78, 5) is 0.314. The third-order valence-corrected chi connectivity index (χ3v) is 5.22. The molecule has 1 aliphatic carbocycles. The van der Waals surface area contributed by atoms with Crippen molar-refractivity contribution in [2.75, 3.05) is 11.9 Å². The highest BCUT2D eigenvalue weighted by Crippen LogP contribution is 2.23. The molecule has 0 saturated heterocycles. The predicted octanol–water partition coefficient (Wildman–Crippen LogP) is 1.52. The molecule has 0 heterocycles. The molecule has 4 N–H and O–H groups in total. The average molecular weight is 297 g/mol. The molecular formula is C14H23N3O2S. The zero-order valence-corrected chi connectivity index (χ0v) is 12.8. The molecule has 0 aromatic heterocycles. The number of nitrogens with two attached hydrogens (primary N) is 1. The molecule has 1 aromatic carbocycles. The van der Waals surface area contributed by atoms with E-state index in [1.165, 1.54) is 0 Å². The van der Waals surface area contributed by atoms with Gasteiger partial charge in [0.2, 0.25) is 10.0 Å². The molecule has 6 heteroatoms. The van der Waals surface area contributed by atoms with Crippen LogP contribution in [0.25, 0.3) is 0 Å². The number of rotatable bonds is 7. The van der Waals surface area contributed by atoms with Gasteiger partial charge in [0.25, 0.3) is 0 Å². The summed E-state index contributed by atoms with van der Waals surface area (Å²) in [6, 6.07) is 7.22. The molecule has 0 amide bonds. The summed E-state index contributed by atoms with van der Waals surface area (Å²) < 4.78 is 26.7. The molecular weight excluding hydrogens is 274 g/mol. The predicted molar refractivity (Wildman–Crippen MR) is 81.1 cm³/mol. The van der Waals surface area contributed by atoms with E-state index < -0.39 is 10.0 Å². The van der Waals surface area contributed by atoms with E-state index in [4.69, 9.17) is 5.73 Å². The Balaban J connectivity index is 2.02. The van der Waals surface area contributed by atoms with Crippen LogP contribution in [0.3, 0.4) is 0 Å². The summed E-state index contributed by atoms with van der Waals surface area (Å²) in [6.07, 6.45) is 1.88. The zero-order chi connectivity index (χ0) is 14.8. The molecule has 0 spiro atoms. The van der Waals surface area contributed by atoms with E-state index in [-0.39, 0.29) is 12.1 Å². The third-order valence-electron chi connectivity index (χ3n) is 3.68. The van der Waals surface area contributed by atoms with Crippen LogP contribution in [0.4, 0.5) is 5.69 Å². The second kappa shape index (κ2) is 6.11. The molecule has 0 radical (unpaired) electrons. The number of anilines is 1. The fourth-order valence-corrected chi connectivity index (χ4v) is 3.13. The van der Waals surface area contributed by atoms with E-state index in [0.717, 1.165) is 18.5 Å². The minimum Gasteiger partial charge on any atom is -0.382 e. The molecule has 2 unspecified atom stereocenters. The molecule has 1 aliphatic rings. The van der Waals surface area contributed by atoms with Gasteiger partial charge in [-0.3, -0.25) is 0 Å². The number of hydrogen-bond donors (Lipinski definition) is 3. The van der Waals surface area contributed by atoms with Gasteiger partial charge in [-0.1, -0.05) is 6.92 Å². The fraction of sp³-hybridized carbons (Fsp3) is 0.571. The highest BCUT2D eigenvalue weighted by molar-refractivity contribution is 7.89. The fourth-order valence-electron chi connectivity index (χ4n) is 1.83. The van der Waals surface area contributed by atoms with E-state index in [1.807, 2.05) is 0 Å². The molecule has 20 heavy (non-hydrogen) atoms. The summed E-state index contributed by atoms with van der Waals surface area (Å²) in [7, 11) is -3.36. The lowest BCUT2D eigenvalue weighted by molar-refractivity contribution is 0.521. The van der Waals surface area contributed by atoms with E-state index in [1.54, 1.807) is 24.3 Å². The van der Waals surface area contributed by atoms with Gasteiger partial charge in [-0.05, 0) is 56.5 Å². The first kappa shape index (κ1) is 15.3. The van der Waals surface area contributed by atoms with Crippen molar-refractivity contribution < 1.29 is 8.42 Å².